The first-order valence-electron chi connectivity index (χ1n) is 6.79. The van der Waals surface area contributed by atoms with Gasteiger partial charge in [-0.25, -0.2) is 0 Å². The minimum Gasteiger partial charge on any atom is -0.454 e. The minimum atomic E-state index is 0.304. The number of nitrogens with one attached hydrogen (secondary N) is 1. The number of nitrogens with zero attached hydrogens (tertiary/aromatic N) is 2. The van der Waals surface area contributed by atoms with Gasteiger partial charge < -0.3 is 14.8 Å². The zero-order valence-corrected chi connectivity index (χ0v) is 12.0. The summed E-state index contributed by atoms with van der Waals surface area (Å²) in [7, 11) is 1.95. The first-order chi connectivity index (χ1) is 9.63. The number of rotatable bonds is 4. The predicted octanol–water partition coefficient (Wildman–Crippen LogP) is 2.88. The number of fused-ring (bicyclic) bond motifs is 1. The van der Waals surface area contributed by atoms with Crippen molar-refractivity contribution in [3.8, 4) is 11.5 Å². The molecule has 1 N–H and O–H groups in total. The van der Waals surface area contributed by atoms with Crippen LogP contribution in [-0.4, -0.2) is 16.6 Å². The van der Waals surface area contributed by atoms with Gasteiger partial charge in [-0.2, -0.15) is 5.10 Å². The number of anilines is 1. The van der Waals surface area contributed by atoms with Gasteiger partial charge in [-0.15, -0.1) is 0 Å². The SMILES string of the molecule is CC(C)c1nn(C)cc1CNc1ccc2c(c1)OCO2. The number of ether oxygens (including phenoxy) is 2. The van der Waals surface area contributed by atoms with Crippen molar-refractivity contribution in [3.05, 3.63) is 35.7 Å². The number of aromatic nitrogens is 2. The van der Waals surface area contributed by atoms with E-state index in [2.05, 4.69) is 30.5 Å². The van der Waals surface area contributed by atoms with Crippen molar-refractivity contribution in [1.29, 1.82) is 0 Å². The third kappa shape index (κ3) is 2.43. The molecule has 1 aromatic carbocycles. The fourth-order valence-corrected chi connectivity index (χ4v) is 2.38. The monoisotopic (exact) mass is 273 g/mol. The van der Waals surface area contributed by atoms with E-state index in [9.17, 15) is 0 Å². The van der Waals surface area contributed by atoms with E-state index in [4.69, 9.17) is 9.47 Å². The van der Waals surface area contributed by atoms with E-state index in [1.54, 1.807) is 0 Å². The summed E-state index contributed by atoms with van der Waals surface area (Å²) in [5, 5.41) is 7.92. The topological polar surface area (TPSA) is 48.3 Å². The lowest BCUT2D eigenvalue weighted by Gasteiger charge is -2.08. The largest absolute Gasteiger partial charge is 0.454 e. The van der Waals surface area contributed by atoms with Crippen LogP contribution in [0.3, 0.4) is 0 Å². The summed E-state index contributed by atoms with van der Waals surface area (Å²) < 4.78 is 12.6. The van der Waals surface area contributed by atoms with Crippen molar-refractivity contribution in [2.24, 2.45) is 7.05 Å². The van der Waals surface area contributed by atoms with E-state index in [0.29, 0.717) is 12.7 Å². The molecule has 1 aliphatic heterocycles. The Balaban J connectivity index is 1.73. The molecule has 2 aromatic rings. The normalized spacial score (nSPS) is 13.0. The van der Waals surface area contributed by atoms with Crippen molar-refractivity contribution >= 4 is 5.69 Å². The Morgan fingerprint density at radius 3 is 2.90 bits per heavy atom. The maximum absolute atomic E-state index is 5.38. The average molecular weight is 273 g/mol. The van der Waals surface area contributed by atoms with Crippen LogP contribution in [0.1, 0.15) is 31.0 Å². The molecular formula is C15H19N3O2. The summed E-state index contributed by atoms with van der Waals surface area (Å²) in [6, 6.07) is 5.89. The van der Waals surface area contributed by atoms with Crippen LogP contribution in [0, 0.1) is 0 Å². The summed E-state index contributed by atoms with van der Waals surface area (Å²) in [4.78, 5) is 0. The highest BCUT2D eigenvalue weighted by molar-refractivity contribution is 5.55. The smallest absolute Gasteiger partial charge is 0.231 e. The molecule has 5 heteroatoms. The summed E-state index contributed by atoms with van der Waals surface area (Å²) in [5.74, 6) is 2.02. The maximum atomic E-state index is 5.38. The van der Waals surface area contributed by atoms with E-state index >= 15 is 0 Å². The number of benzene rings is 1. The molecule has 0 fully saturated rings. The average Bonchev–Trinajstić information content (AvgIpc) is 3.01. The third-order valence-electron chi connectivity index (χ3n) is 3.34. The molecule has 0 saturated heterocycles. The number of hydrogen-bond donors (Lipinski definition) is 1. The molecule has 0 spiro atoms. The molecular weight excluding hydrogens is 254 g/mol. The van der Waals surface area contributed by atoms with E-state index < -0.39 is 0 Å². The second-order valence-electron chi connectivity index (χ2n) is 5.29. The molecule has 0 amide bonds. The van der Waals surface area contributed by atoms with Crippen LogP contribution >= 0.6 is 0 Å². The second kappa shape index (κ2) is 5.07. The van der Waals surface area contributed by atoms with E-state index in [-0.39, 0.29) is 0 Å². The Labute approximate surface area is 118 Å². The molecule has 3 rings (SSSR count). The Bertz CT molecular complexity index is 620. The molecule has 20 heavy (non-hydrogen) atoms. The third-order valence-corrected chi connectivity index (χ3v) is 3.34. The molecule has 0 bridgehead atoms. The van der Waals surface area contributed by atoms with Crippen LogP contribution in [0.15, 0.2) is 24.4 Å². The van der Waals surface area contributed by atoms with Gasteiger partial charge in [0.25, 0.3) is 0 Å². The Hall–Kier alpha value is -2.17. The van der Waals surface area contributed by atoms with Gasteiger partial charge in [-0.3, -0.25) is 4.68 Å². The predicted molar refractivity (Wildman–Crippen MR) is 77.2 cm³/mol. The van der Waals surface area contributed by atoms with Gasteiger partial charge in [0.2, 0.25) is 6.79 Å². The van der Waals surface area contributed by atoms with E-state index in [0.717, 1.165) is 29.4 Å². The van der Waals surface area contributed by atoms with Crippen LogP contribution in [0.5, 0.6) is 11.5 Å². The standard InChI is InChI=1S/C15H19N3O2/c1-10(2)15-11(8-18(3)17-15)7-16-12-4-5-13-14(6-12)20-9-19-13/h4-6,8,10,16H,7,9H2,1-3H3. The molecule has 2 heterocycles. The molecule has 5 nitrogen and oxygen atoms in total. The minimum absolute atomic E-state index is 0.304. The van der Waals surface area contributed by atoms with Crippen molar-refractivity contribution in [3.63, 3.8) is 0 Å². The van der Waals surface area contributed by atoms with Gasteiger partial charge in [-0.05, 0) is 18.1 Å². The molecule has 0 radical (unpaired) electrons. The highest BCUT2D eigenvalue weighted by Gasteiger charge is 2.14. The zero-order valence-electron chi connectivity index (χ0n) is 12.0. The zero-order chi connectivity index (χ0) is 14.1. The first-order valence-corrected chi connectivity index (χ1v) is 6.79. The van der Waals surface area contributed by atoms with Gasteiger partial charge in [0.15, 0.2) is 11.5 Å². The van der Waals surface area contributed by atoms with Gasteiger partial charge in [0.05, 0.1) is 5.69 Å². The van der Waals surface area contributed by atoms with Crippen molar-refractivity contribution in [2.45, 2.75) is 26.3 Å². The Morgan fingerprint density at radius 2 is 2.10 bits per heavy atom. The summed E-state index contributed by atoms with van der Waals surface area (Å²) in [5.41, 5.74) is 3.38. The van der Waals surface area contributed by atoms with Crippen LogP contribution in [0.4, 0.5) is 5.69 Å². The summed E-state index contributed by atoms with van der Waals surface area (Å²) in [6.07, 6.45) is 2.06. The molecule has 0 atom stereocenters. The highest BCUT2D eigenvalue weighted by atomic mass is 16.7. The fourth-order valence-electron chi connectivity index (χ4n) is 2.38. The Kier molecular flexibility index (Phi) is 3.26. The first kappa shape index (κ1) is 12.8. The lowest BCUT2D eigenvalue weighted by molar-refractivity contribution is 0.174. The van der Waals surface area contributed by atoms with Crippen LogP contribution in [0.2, 0.25) is 0 Å². The van der Waals surface area contributed by atoms with Crippen molar-refractivity contribution < 1.29 is 9.47 Å². The fraction of sp³-hybridized carbons (Fsp3) is 0.400. The molecule has 0 saturated carbocycles. The van der Waals surface area contributed by atoms with Gasteiger partial charge >= 0.3 is 0 Å². The highest BCUT2D eigenvalue weighted by Crippen LogP contribution is 2.34. The van der Waals surface area contributed by atoms with Gasteiger partial charge in [-0.1, -0.05) is 13.8 Å². The lowest BCUT2D eigenvalue weighted by atomic mass is 10.1. The number of aryl methyl sites for hydroxylation is 1. The van der Waals surface area contributed by atoms with E-state index in [1.165, 1.54) is 5.56 Å². The summed E-state index contributed by atoms with van der Waals surface area (Å²) >= 11 is 0. The quantitative estimate of drug-likeness (QED) is 0.930. The maximum Gasteiger partial charge on any atom is 0.231 e. The molecule has 1 aliphatic rings. The van der Waals surface area contributed by atoms with Gasteiger partial charge in [0, 0.05) is 37.1 Å². The molecule has 106 valence electrons. The molecule has 0 unspecified atom stereocenters. The van der Waals surface area contributed by atoms with E-state index in [1.807, 2.05) is 29.9 Å². The second-order valence-corrected chi connectivity index (χ2v) is 5.29. The van der Waals surface area contributed by atoms with Crippen LogP contribution in [-0.2, 0) is 13.6 Å². The number of hydrogen-bond acceptors (Lipinski definition) is 4. The van der Waals surface area contributed by atoms with Crippen molar-refractivity contribution in [2.75, 3.05) is 12.1 Å². The van der Waals surface area contributed by atoms with Crippen LogP contribution < -0.4 is 14.8 Å². The molecule has 1 aromatic heterocycles. The van der Waals surface area contributed by atoms with Crippen LogP contribution in [0.25, 0.3) is 0 Å². The van der Waals surface area contributed by atoms with Gasteiger partial charge in [0.1, 0.15) is 0 Å². The summed E-state index contributed by atoms with van der Waals surface area (Å²) in [6.45, 7) is 5.37. The lowest BCUT2D eigenvalue weighted by Crippen LogP contribution is -2.02. The van der Waals surface area contributed by atoms with Crippen molar-refractivity contribution in [1.82, 2.24) is 9.78 Å². The Morgan fingerprint density at radius 1 is 1.30 bits per heavy atom. The molecule has 0 aliphatic carbocycles.